The largest absolute Gasteiger partial charge is 0.326 e. The molecule has 0 amide bonds. The molecule has 0 heterocycles. The Hall–Kier alpha value is -1.45. The molecule has 0 radical (unpaired) electrons. The first-order chi connectivity index (χ1) is 8.52. The third-order valence-electron chi connectivity index (χ3n) is 3.14. The van der Waals surface area contributed by atoms with Crippen LogP contribution in [0.4, 0.5) is 8.78 Å². The molecule has 1 nitrogen and oxygen atoms in total. The van der Waals surface area contributed by atoms with E-state index >= 15 is 0 Å². The second-order valence-corrected chi connectivity index (χ2v) is 4.42. The average molecular weight is 284 g/mol. The van der Waals surface area contributed by atoms with Gasteiger partial charge in [-0.25, -0.2) is 8.78 Å². The van der Waals surface area contributed by atoms with E-state index in [1.807, 2.05) is 26.0 Å². The van der Waals surface area contributed by atoms with Crippen LogP contribution in [0.5, 0.6) is 0 Å². The Morgan fingerprint density at radius 3 is 2.11 bits per heavy atom. The molecule has 0 spiro atoms. The molecule has 2 rings (SSSR count). The molecule has 0 unspecified atom stereocenters. The molecule has 0 fully saturated rings. The van der Waals surface area contributed by atoms with E-state index < -0.39 is 11.6 Å². The van der Waals surface area contributed by atoms with Crippen LogP contribution in [0.15, 0.2) is 30.3 Å². The lowest BCUT2D eigenvalue weighted by atomic mass is 9.95. The van der Waals surface area contributed by atoms with Gasteiger partial charge < -0.3 is 5.73 Å². The molecule has 4 heteroatoms. The molecule has 19 heavy (non-hydrogen) atoms. The van der Waals surface area contributed by atoms with Gasteiger partial charge in [0.05, 0.1) is 0 Å². The third kappa shape index (κ3) is 3.11. The molecule has 0 saturated carbocycles. The van der Waals surface area contributed by atoms with Crippen molar-refractivity contribution in [3.8, 4) is 11.1 Å². The molecular formula is C15H16ClF2N. The second kappa shape index (κ2) is 6.13. The Kier molecular flexibility index (Phi) is 5.04. The third-order valence-corrected chi connectivity index (χ3v) is 3.14. The first-order valence-electron chi connectivity index (χ1n) is 5.78. The van der Waals surface area contributed by atoms with Gasteiger partial charge >= 0.3 is 0 Å². The molecule has 0 aliphatic carbocycles. The highest BCUT2D eigenvalue weighted by molar-refractivity contribution is 5.85. The number of benzene rings is 2. The number of rotatable bonds is 2. The van der Waals surface area contributed by atoms with Crippen molar-refractivity contribution < 1.29 is 8.78 Å². The molecule has 2 aromatic carbocycles. The van der Waals surface area contributed by atoms with Gasteiger partial charge in [-0.3, -0.25) is 0 Å². The Labute approximate surface area is 117 Å². The van der Waals surface area contributed by atoms with E-state index in [2.05, 4.69) is 0 Å². The van der Waals surface area contributed by atoms with Crippen LogP contribution in [-0.4, -0.2) is 0 Å². The van der Waals surface area contributed by atoms with E-state index in [1.54, 1.807) is 0 Å². The van der Waals surface area contributed by atoms with Crippen LogP contribution in [0.3, 0.4) is 0 Å². The zero-order valence-corrected chi connectivity index (χ0v) is 11.7. The molecule has 0 saturated heterocycles. The monoisotopic (exact) mass is 283 g/mol. The lowest BCUT2D eigenvalue weighted by Crippen LogP contribution is -2.02. The predicted octanol–water partition coefficient (Wildman–Crippen LogP) is 4.13. The maximum absolute atomic E-state index is 13.7. The van der Waals surface area contributed by atoms with E-state index in [4.69, 9.17) is 5.73 Å². The second-order valence-electron chi connectivity index (χ2n) is 4.42. The predicted molar refractivity (Wildman–Crippen MR) is 76.4 cm³/mol. The fourth-order valence-corrected chi connectivity index (χ4v) is 2.19. The van der Waals surface area contributed by atoms with Gasteiger partial charge in [-0.05, 0) is 54.3 Å². The van der Waals surface area contributed by atoms with Crippen LogP contribution < -0.4 is 5.73 Å². The summed E-state index contributed by atoms with van der Waals surface area (Å²) in [6, 6.07) is 7.16. The van der Waals surface area contributed by atoms with Gasteiger partial charge in [-0.15, -0.1) is 12.4 Å². The topological polar surface area (TPSA) is 26.0 Å². The van der Waals surface area contributed by atoms with Crippen molar-refractivity contribution >= 4 is 12.4 Å². The van der Waals surface area contributed by atoms with Crippen LogP contribution in [-0.2, 0) is 6.54 Å². The van der Waals surface area contributed by atoms with E-state index in [-0.39, 0.29) is 18.0 Å². The zero-order valence-electron chi connectivity index (χ0n) is 10.8. The highest BCUT2D eigenvalue weighted by atomic mass is 35.5. The maximum Gasteiger partial charge on any atom is 0.131 e. The van der Waals surface area contributed by atoms with Crippen molar-refractivity contribution in [2.75, 3.05) is 0 Å². The first kappa shape index (κ1) is 15.6. The lowest BCUT2D eigenvalue weighted by molar-refractivity contribution is 0.603. The Morgan fingerprint density at radius 2 is 1.58 bits per heavy atom. The minimum atomic E-state index is -0.440. The Balaban J connectivity index is 0.00000180. The molecule has 0 aromatic heterocycles. The number of hydrogen-bond acceptors (Lipinski definition) is 1. The summed E-state index contributed by atoms with van der Waals surface area (Å²) in [6.07, 6.45) is 0. The van der Waals surface area contributed by atoms with E-state index in [9.17, 15) is 8.78 Å². The number of hydrogen-bond donors (Lipinski definition) is 1. The molecule has 102 valence electrons. The number of halogens is 3. The van der Waals surface area contributed by atoms with Gasteiger partial charge in [-0.1, -0.05) is 12.1 Å². The van der Waals surface area contributed by atoms with Gasteiger partial charge in [0, 0.05) is 12.1 Å². The molecule has 0 aliphatic rings. The van der Waals surface area contributed by atoms with Crippen molar-refractivity contribution in [3.05, 3.63) is 58.7 Å². The van der Waals surface area contributed by atoms with E-state index in [0.29, 0.717) is 12.1 Å². The maximum atomic E-state index is 13.7. The van der Waals surface area contributed by atoms with Crippen molar-refractivity contribution in [1.29, 1.82) is 0 Å². The summed E-state index contributed by atoms with van der Waals surface area (Å²) in [4.78, 5) is 0. The van der Waals surface area contributed by atoms with Crippen LogP contribution in [0.2, 0.25) is 0 Å². The zero-order chi connectivity index (χ0) is 13.3. The summed E-state index contributed by atoms with van der Waals surface area (Å²) >= 11 is 0. The van der Waals surface area contributed by atoms with Crippen LogP contribution in [0.25, 0.3) is 11.1 Å². The van der Waals surface area contributed by atoms with Gasteiger partial charge in [0.25, 0.3) is 0 Å². The summed E-state index contributed by atoms with van der Waals surface area (Å²) < 4.78 is 26.9. The van der Waals surface area contributed by atoms with E-state index in [0.717, 1.165) is 28.8 Å². The van der Waals surface area contributed by atoms with E-state index in [1.165, 1.54) is 6.07 Å². The quantitative estimate of drug-likeness (QED) is 0.881. The molecular weight excluding hydrogens is 268 g/mol. The van der Waals surface area contributed by atoms with Crippen molar-refractivity contribution in [1.82, 2.24) is 0 Å². The molecule has 0 aliphatic heterocycles. The van der Waals surface area contributed by atoms with Gasteiger partial charge in [0.15, 0.2) is 0 Å². The average Bonchev–Trinajstić information content (AvgIpc) is 2.32. The number of aryl methyl sites for hydroxylation is 2. The smallest absolute Gasteiger partial charge is 0.131 e. The minimum absolute atomic E-state index is 0. The fraction of sp³-hybridized carbons (Fsp3) is 0.200. The summed E-state index contributed by atoms with van der Waals surface area (Å²) in [5, 5.41) is 0. The SMILES string of the molecule is Cc1cc(-c2cc(F)ccc2F)cc(C)c1CN.Cl. The fourth-order valence-electron chi connectivity index (χ4n) is 2.19. The minimum Gasteiger partial charge on any atom is -0.326 e. The Morgan fingerprint density at radius 1 is 1.00 bits per heavy atom. The van der Waals surface area contributed by atoms with Crippen LogP contribution in [0.1, 0.15) is 16.7 Å². The standard InChI is InChI=1S/C15H15F2N.ClH/c1-9-5-11(6-10(2)14(9)8-18)13-7-12(16)3-4-15(13)17;/h3-7H,8,18H2,1-2H3;1H. The molecule has 0 bridgehead atoms. The van der Waals surface area contributed by atoms with Crippen molar-refractivity contribution in [2.24, 2.45) is 5.73 Å². The van der Waals surface area contributed by atoms with Crippen molar-refractivity contribution in [2.45, 2.75) is 20.4 Å². The van der Waals surface area contributed by atoms with Gasteiger partial charge in [-0.2, -0.15) is 0 Å². The highest BCUT2D eigenvalue weighted by Crippen LogP contribution is 2.27. The summed E-state index contributed by atoms with van der Waals surface area (Å²) in [5.41, 5.74) is 9.67. The highest BCUT2D eigenvalue weighted by Gasteiger charge is 2.10. The normalized spacial score (nSPS) is 10.2. The molecule has 0 atom stereocenters. The molecule has 2 aromatic rings. The summed E-state index contributed by atoms with van der Waals surface area (Å²) in [5.74, 6) is -0.861. The van der Waals surface area contributed by atoms with Crippen LogP contribution >= 0.6 is 12.4 Å². The van der Waals surface area contributed by atoms with Gasteiger partial charge in [0.2, 0.25) is 0 Å². The first-order valence-corrected chi connectivity index (χ1v) is 5.78. The van der Waals surface area contributed by atoms with Crippen LogP contribution in [0, 0.1) is 25.5 Å². The molecule has 2 N–H and O–H groups in total. The Bertz CT molecular complexity index is 574. The van der Waals surface area contributed by atoms with Crippen molar-refractivity contribution in [3.63, 3.8) is 0 Å². The van der Waals surface area contributed by atoms with Gasteiger partial charge in [0.1, 0.15) is 11.6 Å². The lowest BCUT2D eigenvalue weighted by Gasteiger charge is -2.12. The summed E-state index contributed by atoms with van der Waals surface area (Å²) in [7, 11) is 0. The summed E-state index contributed by atoms with van der Waals surface area (Å²) in [6.45, 7) is 4.30. The number of nitrogens with two attached hydrogens (primary N) is 1.